The summed E-state index contributed by atoms with van der Waals surface area (Å²) in [6.07, 6.45) is 4.37. The van der Waals surface area contributed by atoms with Crippen LogP contribution in [0.2, 0.25) is 0 Å². The molecular formula is C14H10NO4-. The molecule has 2 rings (SSSR count). The minimum absolute atomic E-state index is 0.0594. The highest BCUT2D eigenvalue weighted by Crippen LogP contribution is 2.09. The summed E-state index contributed by atoms with van der Waals surface area (Å²) in [6.45, 7) is 0. The van der Waals surface area contributed by atoms with Crippen molar-refractivity contribution in [2.75, 3.05) is 5.32 Å². The molecule has 96 valence electrons. The smallest absolute Gasteiger partial charge is 0.248 e. The molecule has 0 fully saturated rings. The largest absolute Gasteiger partial charge is 0.545 e. The first kappa shape index (κ1) is 12.6. The van der Waals surface area contributed by atoms with Gasteiger partial charge in [-0.25, -0.2) is 0 Å². The van der Waals surface area contributed by atoms with Gasteiger partial charge in [-0.05, 0) is 35.9 Å². The Kier molecular flexibility index (Phi) is 3.78. The number of benzene rings is 1. The number of carboxylic acid groups (broad SMARTS) is 1. The molecule has 0 saturated heterocycles. The molecule has 0 unspecified atom stereocenters. The van der Waals surface area contributed by atoms with Crippen LogP contribution in [-0.4, -0.2) is 11.9 Å². The highest BCUT2D eigenvalue weighted by atomic mass is 16.4. The van der Waals surface area contributed by atoms with Gasteiger partial charge in [-0.3, -0.25) is 4.79 Å². The average molecular weight is 256 g/mol. The lowest BCUT2D eigenvalue weighted by atomic mass is 10.2. The summed E-state index contributed by atoms with van der Waals surface area (Å²) in [5.74, 6) is -1.02. The molecule has 0 aliphatic rings. The first-order valence-corrected chi connectivity index (χ1v) is 5.49. The molecule has 1 N–H and O–H groups in total. The topological polar surface area (TPSA) is 82.4 Å². The zero-order valence-corrected chi connectivity index (χ0v) is 9.83. The number of carboxylic acids is 1. The third-order valence-corrected chi connectivity index (χ3v) is 2.33. The van der Waals surface area contributed by atoms with Crippen molar-refractivity contribution in [2.24, 2.45) is 0 Å². The number of hydrogen-bond acceptors (Lipinski definition) is 4. The third-order valence-electron chi connectivity index (χ3n) is 2.33. The van der Waals surface area contributed by atoms with E-state index in [1.807, 2.05) is 0 Å². The van der Waals surface area contributed by atoms with E-state index in [1.54, 1.807) is 12.1 Å². The number of nitrogens with one attached hydrogen (secondary N) is 1. The number of carbonyl (C=O) groups is 2. The Balaban J connectivity index is 1.97. The van der Waals surface area contributed by atoms with Crippen molar-refractivity contribution >= 4 is 23.6 Å². The molecule has 1 amide bonds. The van der Waals surface area contributed by atoms with Crippen molar-refractivity contribution in [1.29, 1.82) is 0 Å². The van der Waals surface area contributed by atoms with Crippen LogP contribution in [0.3, 0.4) is 0 Å². The van der Waals surface area contributed by atoms with Gasteiger partial charge in [0.15, 0.2) is 0 Å². The zero-order valence-electron chi connectivity index (χ0n) is 9.83. The normalized spacial score (nSPS) is 10.5. The molecule has 19 heavy (non-hydrogen) atoms. The lowest BCUT2D eigenvalue weighted by Crippen LogP contribution is -2.22. The van der Waals surface area contributed by atoms with E-state index in [1.165, 1.54) is 42.7 Å². The quantitative estimate of drug-likeness (QED) is 0.836. The Morgan fingerprint density at radius 2 is 1.89 bits per heavy atom. The molecule has 0 spiro atoms. The summed E-state index contributed by atoms with van der Waals surface area (Å²) in [5, 5.41) is 13.1. The Labute approximate surface area is 109 Å². The van der Waals surface area contributed by atoms with Gasteiger partial charge in [0.1, 0.15) is 5.76 Å². The molecule has 1 aromatic carbocycles. The number of amides is 1. The van der Waals surface area contributed by atoms with E-state index in [4.69, 9.17) is 4.42 Å². The number of hydrogen-bond donors (Lipinski definition) is 1. The monoisotopic (exact) mass is 256 g/mol. The van der Waals surface area contributed by atoms with Crippen LogP contribution in [0.25, 0.3) is 6.08 Å². The van der Waals surface area contributed by atoms with Gasteiger partial charge in [0.05, 0.1) is 12.2 Å². The molecule has 0 bridgehead atoms. The number of furan rings is 1. The molecule has 2 aromatic rings. The maximum Gasteiger partial charge on any atom is 0.248 e. The van der Waals surface area contributed by atoms with Crippen molar-refractivity contribution in [3.63, 3.8) is 0 Å². The minimum Gasteiger partial charge on any atom is -0.545 e. The van der Waals surface area contributed by atoms with E-state index in [0.29, 0.717) is 11.4 Å². The van der Waals surface area contributed by atoms with Crippen LogP contribution < -0.4 is 10.4 Å². The molecular weight excluding hydrogens is 246 g/mol. The minimum atomic E-state index is -1.25. The van der Waals surface area contributed by atoms with E-state index >= 15 is 0 Å². The summed E-state index contributed by atoms with van der Waals surface area (Å²) >= 11 is 0. The van der Waals surface area contributed by atoms with E-state index in [2.05, 4.69) is 5.32 Å². The van der Waals surface area contributed by atoms with Crippen molar-refractivity contribution in [3.05, 3.63) is 60.1 Å². The van der Waals surface area contributed by atoms with Crippen LogP contribution in [0.5, 0.6) is 0 Å². The van der Waals surface area contributed by atoms with Crippen LogP contribution in [0.15, 0.2) is 53.2 Å². The fraction of sp³-hybridized carbons (Fsp3) is 0. The predicted molar refractivity (Wildman–Crippen MR) is 67.1 cm³/mol. The van der Waals surface area contributed by atoms with E-state index in [9.17, 15) is 14.7 Å². The van der Waals surface area contributed by atoms with Gasteiger partial charge in [0.2, 0.25) is 5.91 Å². The first-order chi connectivity index (χ1) is 9.15. The van der Waals surface area contributed by atoms with Crippen LogP contribution in [0, 0.1) is 0 Å². The highest BCUT2D eigenvalue weighted by Gasteiger charge is 1.99. The van der Waals surface area contributed by atoms with Crippen LogP contribution >= 0.6 is 0 Å². The van der Waals surface area contributed by atoms with E-state index in [-0.39, 0.29) is 11.5 Å². The Morgan fingerprint density at radius 1 is 1.16 bits per heavy atom. The first-order valence-electron chi connectivity index (χ1n) is 5.49. The van der Waals surface area contributed by atoms with E-state index < -0.39 is 5.97 Å². The molecule has 5 nitrogen and oxygen atoms in total. The molecule has 5 heteroatoms. The third kappa shape index (κ3) is 3.57. The van der Waals surface area contributed by atoms with Crippen molar-refractivity contribution in [1.82, 2.24) is 0 Å². The van der Waals surface area contributed by atoms with Gasteiger partial charge < -0.3 is 19.6 Å². The standard InChI is InChI=1S/C14H11NO4/c16-13(8-7-12-2-1-9-19-12)15-11-5-3-10(4-6-11)14(17)18/h1-9H,(H,15,16)(H,17,18)/p-1. The van der Waals surface area contributed by atoms with Gasteiger partial charge in [0, 0.05) is 11.8 Å². The van der Waals surface area contributed by atoms with Gasteiger partial charge in [-0.15, -0.1) is 0 Å². The number of rotatable bonds is 4. The molecule has 0 radical (unpaired) electrons. The number of carbonyl (C=O) groups excluding carboxylic acids is 2. The van der Waals surface area contributed by atoms with Crippen molar-refractivity contribution in [3.8, 4) is 0 Å². The van der Waals surface area contributed by atoms with Gasteiger partial charge in [-0.2, -0.15) is 0 Å². The van der Waals surface area contributed by atoms with Crippen LogP contribution in [0.4, 0.5) is 5.69 Å². The van der Waals surface area contributed by atoms with Gasteiger partial charge in [-0.1, -0.05) is 12.1 Å². The Morgan fingerprint density at radius 3 is 2.47 bits per heavy atom. The second kappa shape index (κ2) is 5.68. The second-order valence-electron chi connectivity index (χ2n) is 3.70. The maximum atomic E-state index is 11.6. The van der Waals surface area contributed by atoms with E-state index in [0.717, 1.165) is 0 Å². The Hall–Kier alpha value is -2.82. The zero-order chi connectivity index (χ0) is 13.7. The van der Waals surface area contributed by atoms with Crippen LogP contribution in [0.1, 0.15) is 16.1 Å². The lowest BCUT2D eigenvalue weighted by molar-refractivity contribution is -0.255. The highest BCUT2D eigenvalue weighted by molar-refractivity contribution is 6.01. The van der Waals surface area contributed by atoms with Gasteiger partial charge in [0.25, 0.3) is 0 Å². The summed E-state index contributed by atoms with van der Waals surface area (Å²) < 4.78 is 5.04. The van der Waals surface area contributed by atoms with Gasteiger partial charge >= 0.3 is 0 Å². The molecule has 0 aliphatic heterocycles. The summed E-state index contributed by atoms with van der Waals surface area (Å²) in [4.78, 5) is 22.1. The second-order valence-corrected chi connectivity index (χ2v) is 3.70. The average Bonchev–Trinajstić information content (AvgIpc) is 2.90. The summed E-state index contributed by atoms with van der Waals surface area (Å²) in [6, 6.07) is 9.14. The maximum absolute atomic E-state index is 11.6. The lowest BCUT2D eigenvalue weighted by Gasteiger charge is -2.04. The molecule has 0 atom stereocenters. The van der Waals surface area contributed by atoms with Crippen molar-refractivity contribution in [2.45, 2.75) is 0 Å². The Bertz CT molecular complexity index is 597. The summed E-state index contributed by atoms with van der Waals surface area (Å²) in [5.41, 5.74) is 0.559. The fourth-order valence-electron chi connectivity index (χ4n) is 1.42. The van der Waals surface area contributed by atoms with Crippen LogP contribution in [-0.2, 0) is 4.79 Å². The fourth-order valence-corrected chi connectivity index (χ4v) is 1.42. The molecule has 0 aliphatic carbocycles. The molecule has 1 heterocycles. The number of anilines is 1. The predicted octanol–water partition coefficient (Wildman–Crippen LogP) is 1.29. The molecule has 1 aromatic heterocycles. The SMILES string of the molecule is O=C(C=Cc1ccco1)Nc1ccc(C(=O)[O-])cc1. The number of aromatic carboxylic acids is 1. The summed E-state index contributed by atoms with van der Waals surface area (Å²) in [7, 11) is 0. The van der Waals surface area contributed by atoms with Crippen molar-refractivity contribution < 1.29 is 19.1 Å². The molecule has 0 saturated carbocycles.